The van der Waals surface area contributed by atoms with Crippen LogP contribution < -0.4 is 10.6 Å². The average Bonchev–Trinajstić information content (AvgIpc) is 3.17. The quantitative estimate of drug-likeness (QED) is 0.246. The van der Waals surface area contributed by atoms with Gasteiger partial charge in [-0.15, -0.1) is 0 Å². The Labute approximate surface area is 216 Å². The fourth-order valence-electron chi connectivity index (χ4n) is 6.08. The van der Waals surface area contributed by atoms with Gasteiger partial charge in [-0.3, -0.25) is 4.57 Å². The Balaban J connectivity index is 1.74. The maximum atomic E-state index is 14.9. The zero-order chi connectivity index (χ0) is 25.3. The van der Waals surface area contributed by atoms with Crippen LogP contribution >= 0.6 is 7.37 Å². The van der Waals surface area contributed by atoms with E-state index in [1.165, 1.54) is 0 Å². The van der Waals surface area contributed by atoms with E-state index >= 15 is 0 Å². The lowest BCUT2D eigenvalue weighted by molar-refractivity contribution is 0.502. The molecule has 7 rings (SSSR count). The van der Waals surface area contributed by atoms with Crippen LogP contribution in [-0.2, 0) is 4.57 Å². The minimum Gasteiger partial charge on any atom is -0.338 e. The third-order valence-electron chi connectivity index (χ3n) is 7.77. The van der Waals surface area contributed by atoms with Crippen LogP contribution in [0.5, 0.6) is 0 Å². The maximum Gasteiger partial charge on any atom is 0.261 e. The fraction of sp³-hybridized carbons (Fsp3) is 0.0588. The van der Waals surface area contributed by atoms with Gasteiger partial charge in [-0.05, 0) is 80.9 Å². The summed E-state index contributed by atoms with van der Waals surface area (Å²) < 4.78 is 14.9. The number of fused-ring (bicyclic) bond motifs is 7. The van der Waals surface area contributed by atoms with Gasteiger partial charge < -0.3 is 4.89 Å². The van der Waals surface area contributed by atoms with Crippen LogP contribution in [0.25, 0.3) is 54.9 Å². The van der Waals surface area contributed by atoms with E-state index in [9.17, 15) is 9.46 Å². The van der Waals surface area contributed by atoms with Gasteiger partial charge in [-0.25, -0.2) is 0 Å². The standard InChI is InChI=1S/C34H25O2P/c1-21-11-3-7-15-25(21)29-19-23-13-5-9-17-27(23)31-32-28-18-10-6-14-24(28)20-30(26-16-8-4-12-22(26)2)34(32)37(35,36)33(29)31/h3-20H,1-2H3,(H,35,36). The predicted molar refractivity (Wildman–Crippen MR) is 156 cm³/mol. The first-order valence-electron chi connectivity index (χ1n) is 12.5. The molecule has 1 aliphatic heterocycles. The first kappa shape index (κ1) is 22.2. The number of benzene rings is 6. The molecule has 0 unspecified atom stereocenters. The van der Waals surface area contributed by atoms with E-state index in [2.05, 4.69) is 74.5 Å². The summed E-state index contributed by atoms with van der Waals surface area (Å²) in [7, 11) is -3.98. The molecule has 0 bridgehead atoms. The lowest BCUT2D eigenvalue weighted by atomic mass is 9.87. The van der Waals surface area contributed by atoms with Gasteiger partial charge in [0, 0.05) is 11.1 Å². The molecule has 6 aromatic rings. The van der Waals surface area contributed by atoms with E-state index in [1.807, 2.05) is 48.5 Å². The van der Waals surface area contributed by atoms with E-state index < -0.39 is 7.37 Å². The first-order valence-corrected chi connectivity index (χ1v) is 14.2. The molecule has 0 atom stereocenters. The lowest BCUT2D eigenvalue weighted by Crippen LogP contribution is -2.14. The van der Waals surface area contributed by atoms with Gasteiger partial charge in [0.05, 0.1) is 10.6 Å². The minimum atomic E-state index is -3.98. The molecule has 1 N–H and O–H groups in total. The van der Waals surface area contributed by atoms with E-state index in [1.54, 1.807) is 0 Å². The predicted octanol–water partition coefficient (Wildman–Crippen LogP) is 8.15. The van der Waals surface area contributed by atoms with Crippen molar-refractivity contribution in [1.29, 1.82) is 0 Å². The highest BCUT2D eigenvalue weighted by molar-refractivity contribution is 7.75. The minimum absolute atomic E-state index is 0.557. The van der Waals surface area contributed by atoms with Crippen LogP contribution in [0.4, 0.5) is 0 Å². The van der Waals surface area contributed by atoms with Crippen molar-refractivity contribution in [2.24, 2.45) is 0 Å². The highest BCUT2D eigenvalue weighted by Crippen LogP contribution is 2.58. The fourth-order valence-corrected chi connectivity index (χ4v) is 8.40. The molecule has 0 spiro atoms. The summed E-state index contributed by atoms with van der Waals surface area (Å²) in [5.41, 5.74) is 7.62. The summed E-state index contributed by atoms with van der Waals surface area (Å²) in [6.45, 7) is 4.13. The van der Waals surface area contributed by atoms with Crippen molar-refractivity contribution in [3.8, 4) is 33.4 Å². The van der Waals surface area contributed by atoms with E-state index in [0.29, 0.717) is 10.6 Å². The molecule has 0 radical (unpaired) electrons. The topological polar surface area (TPSA) is 37.3 Å². The molecule has 0 aliphatic carbocycles. The number of aryl methyl sites for hydroxylation is 2. The smallest absolute Gasteiger partial charge is 0.261 e. The van der Waals surface area contributed by atoms with Crippen LogP contribution in [-0.4, -0.2) is 4.89 Å². The normalized spacial score (nSPS) is 13.6. The van der Waals surface area contributed by atoms with Gasteiger partial charge in [-0.2, -0.15) is 0 Å². The van der Waals surface area contributed by atoms with Gasteiger partial charge in [0.25, 0.3) is 7.37 Å². The van der Waals surface area contributed by atoms with Crippen molar-refractivity contribution >= 4 is 39.5 Å². The molecular formula is C34H25O2P. The molecule has 2 nitrogen and oxygen atoms in total. The van der Waals surface area contributed by atoms with E-state index in [0.717, 1.165) is 66.1 Å². The Morgan fingerprint density at radius 2 is 0.892 bits per heavy atom. The molecule has 37 heavy (non-hydrogen) atoms. The molecular weight excluding hydrogens is 471 g/mol. The zero-order valence-corrected chi connectivity index (χ0v) is 21.6. The largest absolute Gasteiger partial charge is 0.338 e. The van der Waals surface area contributed by atoms with Crippen LogP contribution in [0.3, 0.4) is 0 Å². The Hall–Kier alpha value is -3.97. The maximum absolute atomic E-state index is 14.9. The van der Waals surface area contributed by atoms with Crippen LogP contribution in [0.2, 0.25) is 0 Å². The van der Waals surface area contributed by atoms with Crippen molar-refractivity contribution in [2.45, 2.75) is 13.8 Å². The molecule has 0 aromatic heterocycles. The Morgan fingerprint density at radius 1 is 0.514 bits per heavy atom. The second-order valence-electron chi connectivity index (χ2n) is 9.94. The summed E-state index contributed by atoms with van der Waals surface area (Å²) in [5.74, 6) is 0. The summed E-state index contributed by atoms with van der Waals surface area (Å²) in [4.78, 5) is 12.2. The number of hydrogen-bond acceptors (Lipinski definition) is 1. The van der Waals surface area contributed by atoms with Gasteiger partial charge in [0.1, 0.15) is 0 Å². The van der Waals surface area contributed by atoms with Gasteiger partial charge in [0.15, 0.2) is 0 Å². The number of rotatable bonds is 2. The second-order valence-corrected chi connectivity index (χ2v) is 12.0. The molecule has 1 aliphatic rings. The third kappa shape index (κ3) is 3.13. The Bertz CT molecular complexity index is 1810. The summed E-state index contributed by atoms with van der Waals surface area (Å²) in [5, 5.41) is 5.27. The van der Waals surface area contributed by atoms with Gasteiger partial charge in [0.2, 0.25) is 0 Å². The Kier molecular flexibility index (Phi) is 4.82. The van der Waals surface area contributed by atoms with E-state index in [4.69, 9.17) is 0 Å². The van der Waals surface area contributed by atoms with Gasteiger partial charge in [-0.1, -0.05) is 97.1 Å². The second kappa shape index (κ2) is 8.02. The molecule has 178 valence electrons. The van der Waals surface area contributed by atoms with Crippen LogP contribution in [0.1, 0.15) is 11.1 Å². The Morgan fingerprint density at radius 3 is 1.32 bits per heavy atom. The highest BCUT2D eigenvalue weighted by Gasteiger charge is 2.44. The van der Waals surface area contributed by atoms with Crippen molar-refractivity contribution in [1.82, 2.24) is 0 Å². The summed E-state index contributed by atoms with van der Waals surface area (Å²) in [6.07, 6.45) is 0. The molecule has 1 heterocycles. The van der Waals surface area contributed by atoms with E-state index in [-0.39, 0.29) is 0 Å². The zero-order valence-electron chi connectivity index (χ0n) is 20.7. The van der Waals surface area contributed by atoms with Crippen LogP contribution in [0, 0.1) is 13.8 Å². The first-order chi connectivity index (χ1) is 18.0. The highest BCUT2D eigenvalue weighted by atomic mass is 31.2. The molecule has 6 aromatic carbocycles. The monoisotopic (exact) mass is 496 g/mol. The third-order valence-corrected chi connectivity index (χ3v) is 9.91. The van der Waals surface area contributed by atoms with Gasteiger partial charge >= 0.3 is 0 Å². The van der Waals surface area contributed by atoms with Crippen molar-refractivity contribution in [2.75, 3.05) is 0 Å². The molecule has 0 fully saturated rings. The lowest BCUT2D eigenvalue weighted by Gasteiger charge is -2.18. The molecule has 0 amide bonds. The van der Waals surface area contributed by atoms with Crippen molar-refractivity contribution < 1.29 is 9.46 Å². The van der Waals surface area contributed by atoms with Crippen molar-refractivity contribution in [3.63, 3.8) is 0 Å². The summed E-state index contributed by atoms with van der Waals surface area (Å²) in [6, 6.07) is 36.9. The SMILES string of the molecule is Cc1ccccc1-c1cc2ccccc2c2c1P(=O)(O)c1c(-c3ccccc3C)cc3ccccc3c1-2. The van der Waals surface area contributed by atoms with Crippen molar-refractivity contribution in [3.05, 3.63) is 120 Å². The van der Waals surface area contributed by atoms with Crippen LogP contribution in [0.15, 0.2) is 109 Å². The molecule has 0 saturated carbocycles. The average molecular weight is 497 g/mol. The summed E-state index contributed by atoms with van der Waals surface area (Å²) >= 11 is 0. The number of hydrogen-bond donors (Lipinski definition) is 1. The molecule has 3 heteroatoms. The molecule has 0 saturated heterocycles.